The predicted molar refractivity (Wildman–Crippen MR) is 78.4 cm³/mol. The van der Waals surface area contributed by atoms with Crippen LogP contribution < -0.4 is 5.32 Å². The lowest BCUT2D eigenvalue weighted by atomic mass is 10.1. The summed E-state index contributed by atoms with van der Waals surface area (Å²) >= 11 is 0. The zero-order valence-corrected chi connectivity index (χ0v) is 11.8. The smallest absolute Gasteiger partial charge is 0.411 e. The minimum Gasteiger partial charge on any atom is -0.411 e. The number of allylic oxidation sites excluding steroid dienone is 1. The van der Waals surface area contributed by atoms with E-state index in [0.29, 0.717) is 13.0 Å². The van der Waals surface area contributed by atoms with E-state index in [1.807, 2.05) is 30.3 Å². The average molecular weight is 304 g/mol. The van der Waals surface area contributed by atoms with Gasteiger partial charge in [0.05, 0.1) is 11.3 Å². The fourth-order valence-corrected chi connectivity index (χ4v) is 1.91. The third-order valence-electron chi connectivity index (χ3n) is 3.17. The Labute approximate surface area is 127 Å². The lowest BCUT2D eigenvalue weighted by Gasteiger charge is -2.17. The maximum absolute atomic E-state index is 11.6. The van der Waals surface area contributed by atoms with Gasteiger partial charge in [-0.15, -0.1) is 0 Å². The van der Waals surface area contributed by atoms with Gasteiger partial charge < -0.3 is 15.2 Å². The topological polar surface area (TPSA) is 102 Å². The van der Waals surface area contributed by atoms with Gasteiger partial charge in [-0.1, -0.05) is 30.3 Å². The maximum Gasteiger partial charge on any atom is 0.412 e. The molecule has 0 spiro atoms. The van der Waals surface area contributed by atoms with Crippen LogP contribution in [-0.2, 0) is 11.2 Å². The second kappa shape index (κ2) is 6.86. The number of nitrogens with one attached hydrogen (secondary N) is 1. The van der Waals surface area contributed by atoms with Crippen LogP contribution in [0.25, 0.3) is 0 Å². The number of nitro groups is 1. The number of rotatable bonds is 5. The number of hydrogen-bond donors (Lipinski definition) is 2. The molecule has 7 nitrogen and oxygen atoms in total. The first kappa shape index (κ1) is 15.7. The number of ether oxygens (including phenoxy) is 1. The van der Waals surface area contributed by atoms with E-state index < -0.39 is 16.7 Å². The Balaban J connectivity index is 1.75. The summed E-state index contributed by atoms with van der Waals surface area (Å²) in [6, 6.07) is 9.67. The molecule has 1 atom stereocenters. The molecule has 22 heavy (non-hydrogen) atoms. The molecule has 116 valence electrons. The van der Waals surface area contributed by atoms with E-state index in [1.54, 1.807) is 0 Å². The highest BCUT2D eigenvalue weighted by molar-refractivity contribution is 5.69. The van der Waals surface area contributed by atoms with Gasteiger partial charge in [0.25, 0.3) is 0 Å². The van der Waals surface area contributed by atoms with Crippen LogP contribution in [-0.4, -0.2) is 28.4 Å². The summed E-state index contributed by atoms with van der Waals surface area (Å²) in [6.45, 7) is 0.415. The van der Waals surface area contributed by atoms with Crippen molar-refractivity contribution in [2.24, 2.45) is 0 Å². The largest absolute Gasteiger partial charge is 0.412 e. The summed E-state index contributed by atoms with van der Waals surface area (Å²) in [5.74, 6) is 0.170. The normalized spacial score (nSPS) is 20.1. The monoisotopic (exact) mass is 304 g/mol. The standard InChI is InChI=1S/C15H16N2O5/c18-14(16-11-8-12-4-2-1-3-5-12)22-13-6-9-15(19,10-7-13)17(20)21/h1-7,9,19H,8,10-11H2,(H,16,18). The number of hydrogen-bond acceptors (Lipinski definition) is 5. The number of aliphatic hydroxyl groups is 1. The average Bonchev–Trinajstić information content (AvgIpc) is 2.51. The van der Waals surface area contributed by atoms with Gasteiger partial charge in [-0.05, 0) is 24.1 Å². The van der Waals surface area contributed by atoms with E-state index in [4.69, 9.17) is 4.74 Å². The Bertz CT molecular complexity index is 612. The van der Waals surface area contributed by atoms with Crippen molar-refractivity contribution in [3.05, 3.63) is 70.0 Å². The first-order chi connectivity index (χ1) is 10.5. The first-order valence-electron chi connectivity index (χ1n) is 6.75. The van der Waals surface area contributed by atoms with Crippen LogP contribution in [0, 0.1) is 10.1 Å². The van der Waals surface area contributed by atoms with Crippen molar-refractivity contribution in [2.75, 3.05) is 6.54 Å². The van der Waals surface area contributed by atoms with Crippen molar-refractivity contribution < 1.29 is 19.6 Å². The SMILES string of the molecule is O=C(NCCc1ccccc1)OC1=CCC(O)([N+](=O)[O-])C=C1. The van der Waals surface area contributed by atoms with Crippen LogP contribution in [0.1, 0.15) is 12.0 Å². The molecule has 2 rings (SSSR count). The fraction of sp³-hybridized carbons (Fsp3) is 0.267. The number of alkyl carbamates (subject to hydrolysis) is 1. The molecular weight excluding hydrogens is 288 g/mol. The van der Waals surface area contributed by atoms with Crippen LogP contribution >= 0.6 is 0 Å². The van der Waals surface area contributed by atoms with Crippen molar-refractivity contribution >= 4 is 6.09 Å². The molecule has 1 aromatic rings. The molecule has 0 aliphatic heterocycles. The Kier molecular flexibility index (Phi) is 4.90. The summed E-state index contributed by atoms with van der Waals surface area (Å²) in [5.41, 5.74) is -1.04. The van der Waals surface area contributed by atoms with Gasteiger partial charge in [0, 0.05) is 12.6 Å². The van der Waals surface area contributed by atoms with E-state index in [1.165, 1.54) is 12.2 Å². The first-order valence-corrected chi connectivity index (χ1v) is 6.75. The Morgan fingerprint density at radius 1 is 1.41 bits per heavy atom. The summed E-state index contributed by atoms with van der Waals surface area (Å²) in [4.78, 5) is 21.4. The lowest BCUT2D eigenvalue weighted by Crippen LogP contribution is -2.36. The van der Waals surface area contributed by atoms with Crippen molar-refractivity contribution in [3.8, 4) is 0 Å². The molecule has 0 heterocycles. The van der Waals surface area contributed by atoms with Crippen molar-refractivity contribution in [1.82, 2.24) is 5.32 Å². The molecule has 2 N–H and O–H groups in total. The minimum atomic E-state index is -2.13. The quantitative estimate of drug-likeness (QED) is 0.490. The lowest BCUT2D eigenvalue weighted by molar-refractivity contribution is -0.607. The molecule has 1 aliphatic carbocycles. The van der Waals surface area contributed by atoms with Gasteiger partial charge in [-0.3, -0.25) is 10.1 Å². The Hall–Kier alpha value is -2.67. The number of benzene rings is 1. The second-order valence-electron chi connectivity index (χ2n) is 4.83. The molecule has 0 fully saturated rings. The van der Waals surface area contributed by atoms with Gasteiger partial charge in [0.2, 0.25) is 0 Å². The van der Waals surface area contributed by atoms with Gasteiger partial charge in [0.15, 0.2) is 0 Å². The zero-order chi connectivity index (χ0) is 16.0. The van der Waals surface area contributed by atoms with E-state index in [0.717, 1.165) is 11.6 Å². The van der Waals surface area contributed by atoms with Crippen molar-refractivity contribution in [3.63, 3.8) is 0 Å². The highest BCUT2D eigenvalue weighted by Crippen LogP contribution is 2.21. The van der Waals surface area contributed by atoms with Gasteiger partial charge in [-0.2, -0.15) is 0 Å². The van der Waals surface area contributed by atoms with Crippen LogP contribution in [0.4, 0.5) is 4.79 Å². The van der Waals surface area contributed by atoms with E-state index in [2.05, 4.69) is 5.32 Å². The summed E-state index contributed by atoms with van der Waals surface area (Å²) in [5, 5.41) is 22.8. The summed E-state index contributed by atoms with van der Waals surface area (Å²) in [7, 11) is 0. The summed E-state index contributed by atoms with van der Waals surface area (Å²) < 4.78 is 4.99. The highest BCUT2D eigenvalue weighted by atomic mass is 16.7. The van der Waals surface area contributed by atoms with Gasteiger partial charge in [-0.25, -0.2) is 4.79 Å². The molecule has 0 aromatic heterocycles. The Morgan fingerprint density at radius 3 is 2.73 bits per heavy atom. The molecule has 0 bridgehead atoms. The van der Waals surface area contributed by atoms with E-state index in [-0.39, 0.29) is 12.2 Å². The summed E-state index contributed by atoms with van der Waals surface area (Å²) in [6.07, 6.45) is 3.30. The molecular formula is C15H16N2O5. The van der Waals surface area contributed by atoms with E-state index in [9.17, 15) is 20.0 Å². The van der Waals surface area contributed by atoms with Gasteiger partial charge >= 0.3 is 11.8 Å². The fourth-order valence-electron chi connectivity index (χ4n) is 1.91. The number of carbonyl (C=O) groups excluding carboxylic acids is 1. The number of amides is 1. The third-order valence-corrected chi connectivity index (χ3v) is 3.17. The number of carbonyl (C=O) groups is 1. The molecule has 0 saturated heterocycles. The van der Waals surface area contributed by atoms with Crippen LogP contribution in [0.3, 0.4) is 0 Å². The molecule has 7 heteroatoms. The number of nitrogens with zero attached hydrogens (tertiary/aromatic N) is 1. The van der Waals surface area contributed by atoms with Gasteiger partial charge in [0.1, 0.15) is 5.76 Å². The molecule has 0 radical (unpaired) electrons. The molecule has 1 unspecified atom stereocenters. The molecule has 1 aromatic carbocycles. The van der Waals surface area contributed by atoms with Crippen LogP contribution in [0.15, 0.2) is 54.3 Å². The van der Waals surface area contributed by atoms with Crippen molar-refractivity contribution in [2.45, 2.75) is 18.6 Å². The zero-order valence-electron chi connectivity index (χ0n) is 11.8. The molecule has 1 aliphatic rings. The highest BCUT2D eigenvalue weighted by Gasteiger charge is 2.38. The van der Waals surface area contributed by atoms with Crippen LogP contribution in [0.2, 0.25) is 0 Å². The van der Waals surface area contributed by atoms with E-state index >= 15 is 0 Å². The van der Waals surface area contributed by atoms with Crippen molar-refractivity contribution in [1.29, 1.82) is 0 Å². The maximum atomic E-state index is 11.6. The third kappa shape index (κ3) is 4.16. The second-order valence-corrected chi connectivity index (χ2v) is 4.83. The predicted octanol–water partition coefficient (Wildman–Crippen LogP) is 1.76. The van der Waals surface area contributed by atoms with Crippen LogP contribution in [0.5, 0.6) is 0 Å². The molecule has 1 amide bonds. The molecule has 0 saturated carbocycles. The minimum absolute atomic E-state index is 0.170. The Morgan fingerprint density at radius 2 is 2.14 bits per heavy atom.